The molecule has 0 radical (unpaired) electrons. The Hall–Kier alpha value is -3.60. The highest BCUT2D eigenvalue weighted by Gasteiger charge is 2.11. The molecule has 1 amide bonds. The average molecular weight is 323 g/mol. The number of aromatic amines is 1. The van der Waals surface area contributed by atoms with Crippen LogP contribution in [0.1, 0.15) is 12.5 Å². The zero-order valence-electron chi connectivity index (χ0n) is 12.7. The lowest BCUT2D eigenvalue weighted by molar-refractivity contribution is -0.119. The van der Waals surface area contributed by atoms with Crippen LogP contribution in [0.2, 0.25) is 0 Å². The Morgan fingerprint density at radius 3 is 2.75 bits per heavy atom. The first-order valence-corrected chi connectivity index (χ1v) is 7.08. The van der Waals surface area contributed by atoms with Gasteiger partial charge in [-0.15, -0.1) is 0 Å². The summed E-state index contributed by atoms with van der Waals surface area (Å²) in [5.74, 6) is -0.217. The van der Waals surface area contributed by atoms with Crippen molar-refractivity contribution in [2.45, 2.75) is 13.6 Å². The lowest BCUT2D eigenvalue weighted by Gasteiger charge is -2.01. The molecule has 2 N–H and O–H groups in total. The molecule has 0 aliphatic rings. The number of H-pyrrole nitrogens is 1. The molecule has 0 bridgehead atoms. The molecule has 1 aromatic carbocycles. The maximum atomic E-state index is 11.9. The summed E-state index contributed by atoms with van der Waals surface area (Å²) in [6.07, 6.45) is 2.99. The van der Waals surface area contributed by atoms with E-state index >= 15 is 0 Å². The molecule has 2 aromatic heterocycles. The van der Waals surface area contributed by atoms with Crippen molar-refractivity contribution < 1.29 is 9.32 Å². The second kappa shape index (κ2) is 6.26. The van der Waals surface area contributed by atoms with E-state index in [0.29, 0.717) is 22.4 Å². The van der Waals surface area contributed by atoms with Crippen molar-refractivity contribution in [2.75, 3.05) is 0 Å². The Morgan fingerprint density at radius 2 is 2.08 bits per heavy atom. The predicted molar refractivity (Wildman–Crippen MR) is 84.5 cm³/mol. The van der Waals surface area contributed by atoms with Crippen LogP contribution in [0.25, 0.3) is 22.4 Å². The van der Waals surface area contributed by atoms with Crippen molar-refractivity contribution in [2.24, 2.45) is 0 Å². The molecule has 0 aliphatic carbocycles. The summed E-state index contributed by atoms with van der Waals surface area (Å²) < 4.78 is 6.31. The van der Waals surface area contributed by atoms with Gasteiger partial charge in [-0.2, -0.15) is 15.1 Å². The third kappa shape index (κ3) is 2.96. The fourth-order valence-corrected chi connectivity index (χ4v) is 2.25. The first kappa shape index (κ1) is 15.3. The number of nitriles is 1. The summed E-state index contributed by atoms with van der Waals surface area (Å²) in [5, 5.41) is 18.2. The van der Waals surface area contributed by atoms with E-state index in [1.165, 1.54) is 24.1 Å². The van der Waals surface area contributed by atoms with Crippen LogP contribution in [0.5, 0.6) is 0 Å². The molecule has 0 saturated heterocycles. The summed E-state index contributed by atoms with van der Waals surface area (Å²) in [5.41, 5.74) is 2.43. The van der Waals surface area contributed by atoms with Crippen LogP contribution in [-0.2, 0) is 11.5 Å². The van der Waals surface area contributed by atoms with E-state index in [1.54, 1.807) is 24.3 Å². The van der Waals surface area contributed by atoms with Gasteiger partial charge in [0.25, 0.3) is 0 Å². The highest BCUT2D eigenvalue weighted by atomic mass is 16.5. The number of nitrogens with one attached hydrogen (secondary N) is 2. The van der Waals surface area contributed by atoms with Crippen molar-refractivity contribution in [1.29, 1.82) is 5.26 Å². The topological polar surface area (TPSA) is 117 Å². The van der Waals surface area contributed by atoms with Crippen molar-refractivity contribution in [3.05, 3.63) is 52.6 Å². The van der Waals surface area contributed by atoms with Gasteiger partial charge < -0.3 is 9.84 Å². The number of carbonyl (C=O) groups excluding carboxylic acids is 1. The number of carbonyl (C=O) groups is 1. The molecule has 2 heterocycles. The van der Waals surface area contributed by atoms with Gasteiger partial charge in [0.15, 0.2) is 0 Å². The molecule has 24 heavy (non-hydrogen) atoms. The maximum Gasteiger partial charge on any atom is 0.365 e. The van der Waals surface area contributed by atoms with Gasteiger partial charge >= 0.3 is 5.63 Å². The van der Waals surface area contributed by atoms with Gasteiger partial charge in [-0.25, -0.2) is 4.79 Å². The normalized spacial score (nSPS) is 10.3. The minimum atomic E-state index is -0.493. The molecule has 8 nitrogen and oxygen atoms in total. The molecule has 8 heteroatoms. The van der Waals surface area contributed by atoms with Gasteiger partial charge in [-0.1, -0.05) is 24.3 Å². The number of hydrogen-bond acceptors (Lipinski definition) is 5. The van der Waals surface area contributed by atoms with E-state index < -0.39 is 5.63 Å². The maximum absolute atomic E-state index is 11.9. The number of nitrogens with zero attached hydrogens (tertiary/aromatic N) is 3. The van der Waals surface area contributed by atoms with Crippen molar-refractivity contribution >= 4 is 5.91 Å². The molecule has 0 fully saturated rings. The quantitative estimate of drug-likeness (QED) is 0.754. The Morgan fingerprint density at radius 1 is 1.38 bits per heavy atom. The van der Waals surface area contributed by atoms with Gasteiger partial charge in [0.05, 0.1) is 29.2 Å². The smallest absolute Gasteiger partial charge is 0.336 e. The van der Waals surface area contributed by atoms with Crippen molar-refractivity contribution in [1.82, 2.24) is 20.3 Å². The third-order valence-corrected chi connectivity index (χ3v) is 3.42. The lowest BCUT2D eigenvalue weighted by Crippen LogP contribution is -2.22. The molecule has 0 atom stereocenters. The predicted octanol–water partition coefficient (Wildman–Crippen LogP) is 1.46. The number of benzene rings is 1. The SMILES string of the molecule is CC(=O)NCn1cc(-c2ccc(-c3[nH]ncc3C#N)cc2)c(=O)o1. The fourth-order valence-electron chi connectivity index (χ4n) is 2.25. The van der Waals surface area contributed by atoms with Gasteiger partial charge in [0, 0.05) is 12.5 Å². The van der Waals surface area contributed by atoms with Gasteiger partial charge in [-0.05, 0) is 5.56 Å². The number of amides is 1. The Labute approximate surface area is 136 Å². The molecular weight excluding hydrogens is 310 g/mol. The van der Waals surface area contributed by atoms with Gasteiger partial charge in [0.2, 0.25) is 5.91 Å². The largest absolute Gasteiger partial charge is 0.365 e. The van der Waals surface area contributed by atoms with E-state index in [1.807, 2.05) is 0 Å². The Balaban J connectivity index is 1.88. The number of rotatable bonds is 4. The zero-order chi connectivity index (χ0) is 17.1. The summed E-state index contributed by atoms with van der Waals surface area (Å²) in [6.45, 7) is 1.47. The van der Waals surface area contributed by atoms with Gasteiger partial charge in [-0.3, -0.25) is 9.89 Å². The molecule has 3 rings (SSSR count). The second-order valence-electron chi connectivity index (χ2n) is 5.08. The number of aromatic nitrogens is 3. The van der Waals surface area contributed by atoms with Crippen LogP contribution in [0.15, 0.2) is 46.0 Å². The molecule has 120 valence electrons. The monoisotopic (exact) mass is 323 g/mol. The summed E-state index contributed by atoms with van der Waals surface area (Å²) in [4.78, 5) is 22.8. The minimum absolute atomic E-state index is 0.0856. The van der Waals surface area contributed by atoms with Gasteiger partial charge in [0.1, 0.15) is 12.7 Å². The van der Waals surface area contributed by atoms with E-state index in [4.69, 9.17) is 9.78 Å². The Kier molecular flexibility index (Phi) is 3.99. The summed E-state index contributed by atoms with van der Waals surface area (Å²) in [7, 11) is 0. The van der Waals surface area contributed by atoms with Crippen LogP contribution in [-0.4, -0.2) is 20.8 Å². The molecular formula is C16H13N5O3. The summed E-state index contributed by atoms with van der Waals surface area (Å²) >= 11 is 0. The summed E-state index contributed by atoms with van der Waals surface area (Å²) in [6, 6.07) is 9.14. The molecule has 3 aromatic rings. The van der Waals surface area contributed by atoms with Crippen LogP contribution < -0.4 is 10.9 Å². The third-order valence-electron chi connectivity index (χ3n) is 3.42. The molecule has 0 saturated carbocycles. The van der Waals surface area contributed by atoms with Crippen LogP contribution in [0.3, 0.4) is 0 Å². The zero-order valence-corrected chi connectivity index (χ0v) is 12.7. The van der Waals surface area contributed by atoms with Crippen molar-refractivity contribution in [3.8, 4) is 28.5 Å². The van der Waals surface area contributed by atoms with Crippen LogP contribution >= 0.6 is 0 Å². The van der Waals surface area contributed by atoms with Crippen LogP contribution in [0, 0.1) is 11.3 Å². The minimum Gasteiger partial charge on any atom is -0.336 e. The fraction of sp³-hybridized carbons (Fsp3) is 0.125. The molecule has 0 spiro atoms. The average Bonchev–Trinajstić information content (AvgIpc) is 3.19. The van der Waals surface area contributed by atoms with E-state index in [0.717, 1.165) is 5.56 Å². The first-order chi connectivity index (χ1) is 11.6. The second-order valence-corrected chi connectivity index (χ2v) is 5.08. The highest BCUT2D eigenvalue weighted by molar-refractivity contribution is 5.72. The first-order valence-electron chi connectivity index (χ1n) is 7.08. The van der Waals surface area contributed by atoms with E-state index in [2.05, 4.69) is 21.6 Å². The highest BCUT2D eigenvalue weighted by Crippen LogP contribution is 2.24. The van der Waals surface area contributed by atoms with E-state index in [-0.39, 0.29) is 12.6 Å². The van der Waals surface area contributed by atoms with E-state index in [9.17, 15) is 9.59 Å². The van der Waals surface area contributed by atoms with Crippen molar-refractivity contribution in [3.63, 3.8) is 0 Å². The molecule has 0 unspecified atom stereocenters. The molecule has 0 aliphatic heterocycles. The lowest BCUT2D eigenvalue weighted by atomic mass is 10.0. The Bertz CT molecular complexity index is 972. The number of hydrogen-bond donors (Lipinski definition) is 2. The standard InChI is InChI=1S/C16H13N5O3/c1-10(22)18-9-21-8-14(16(23)24-21)11-2-4-12(5-3-11)15-13(6-17)7-19-20-15/h2-5,7-8H,9H2,1H3,(H,18,22)(H,19,20). The van der Waals surface area contributed by atoms with Crippen LogP contribution in [0.4, 0.5) is 0 Å².